The minimum Gasteiger partial charge on any atom is -0.492 e. The maximum Gasteiger partial charge on any atom is 0.410 e. The van der Waals surface area contributed by atoms with Crippen LogP contribution in [0.4, 0.5) is 9.18 Å². The van der Waals surface area contributed by atoms with Gasteiger partial charge in [-0.3, -0.25) is 4.90 Å². The zero-order valence-electron chi connectivity index (χ0n) is 13.3. The zero-order chi connectivity index (χ0) is 16.6. The molecule has 1 atom stereocenters. The Kier molecular flexibility index (Phi) is 4.38. The molecule has 126 valence electrons. The van der Waals surface area contributed by atoms with Gasteiger partial charge in [0, 0.05) is 20.1 Å². The number of carbonyl (C=O) groups is 1. The van der Waals surface area contributed by atoms with E-state index in [0.717, 1.165) is 24.9 Å². The third-order valence-corrected chi connectivity index (χ3v) is 4.71. The molecule has 2 aliphatic rings. The van der Waals surface area contributed by atoms with Crippen LogP contribution in [0.5, 0.6) is 5.75 Å². The maximum absolute atomic E-state index is 14.0. The van der Waals surface area contributed by atoms with Gasteiger partial charge in [0.2, 0.25) is 0 Å². The summed E-state index contributed by atoms with van der Waals surface area (Å²) in [5.74, 6) is -0.398. The first-order valence-corrected chi connectivity index (χ1v) is 7.99. The number of carbonyl (C=O) groups excluding carboxylic acids is 1. The van der Waals surface area contributed by atoms with E-state index >= 15 is 0 Å². The van der Waals surface area contributed by atoms with Crippen molar-refractivity contribution in [2.45, 2.75) is 25.0 Å². The van der Waals surface area contributed by atoms with Crippen molar-refractivity contribution in [2.24, 2.45) is 0 Å². The van der Waals surface area contributed by atoms with Crippen LogP contribution in [0.2, 0.25) is 5.02 Å². The molecule has 0 radical (unpaired) electrons. The van der Waals surface area contributed by atoms with Crippen molar-refractivity contribution in [1.29, 1.82) is 0 Å². The van der Waals surface area contributed by atoms with Crippen LogP contribution in [-0.2, 0) is 11.3 Å². The van der Waals surface area contributed by atoms with Gasteiger partial charge in [-0.05, 0) is 37.1 Å². The van der Waals surface area contributed by atoms with E-state index in [2.05, 4.69) is 4.90 Å². The minimum absolute atomic E-state index is 0.0666. The summed E-state index contributed by atoms with van der Waals surface area (Å²) in [7, 11) is 3.14. The first kappa shape index (κ1) is 16.3. The van der Waals surface area contributed by atoms with Gasteiger partial charge in [-0.2, -0.15) is 0 Å². The van der Waals surface area contributed by atoms with E-state index in [-0.39, 0.29) is 16.9 Å². The van der Waals surface area contributed by atoms with Gasteiger partial charge in [0.25, 0.3) is 0 Å². The molecule has 2 heterocycles. The van der Waals surface area contributed by atoms with Gasteiger partial charge in [-0.1, -0.05) is 11.6 Å². The van der Waals surface area contributed by atoms with Crippen molar-refractivity contribution >= 4 is 17.7 Å². The van der Waals surface area contributed by atoms with E-state index in [9.17, 15) is 9.18 Å². The number of likely N-dealkylation sites (N-methyl/N-ethyl adjacent to an activating group) is 1. The number of hydrogen-bond acceptors (Lipinski definition) is 4. The lowest BCUT2D eigenvalue weighted by molar-refractivity contribution is -0.0113. The van der Waals surface area contributed by atoms with Crippen LogP contribution in [0.15, 0.2) is 12.1 Å². The molecule has 7 heteroatoms. The lowest BCUT2D eigenvalue weighted by atomic mass is 9.92. The SMILES string of the molecule is COc1c(F)cc(CN2CCC[C@]3(C2)CN(C)C(=O)O3)cc1Cl. The summed E-state index contributed by atoms with van der Waals surface area (Å²) in [6.07, 6.45) is 1.52. The smallest absolute Gasteiger partial charge is 0.410 e. The average molecular weight is 343 g/mol. The Bertz CT molecular complexity index is 604. The molecule has 0 N–H and O–H groups in total. The van der Waals surface area contributed by atoms with Crippen molar-refractivity contribution < 1.29 is 18.7 Å². The molecular weight excluding hydrogens is 323 g/mol. The van der Waals surface area contributed by atoms with Crippen LogP contribution in [-0.4, -0.2) is 55.3 Å². The van der Waals surface area contributed by atoms with Crippen molar-refractivity contribution in [2.75, 3.05) is 33.8 Å². The van der Waals surface area contributed by atoms with Gasteiger partial charge in [0.15, 0.2) is 11.6 Å². The predicted octanol–water partition coefficient (Wildman–Crippen LogP) is 2.90. The second-order valence-electron chi connectivity index (χ2n) is 6.31. The summed E-state index contributed by atoms with van der Waals surface area (Å²) in [5.41, 5.74) is 0.335. The molecule has 1 aromatic carbocycles. The lowest BCUT2D eigenvalue weighted by Gasteiger charge is -2.38. The van der Waals surface area contributed by atoms with E-state index in [4.69, 9.17) is 21.1 Å². The van der Waals surface area contributed by atoms with E-state index < -0.39 is 11.4 Å². The number of benzene rings is 1. The number of rotatable bonds is 3. The van der Waals surface area contributed by atoms with E-state index in [1.807, 2.05) is 0 Å². The Hall–Kier alpha value is -1.53. The number of nitrogens with zero attached hydrogens (tertiary/aromatic N) is 2. The molecule has 0 unspecified atom stereocenters. The quantitative estimate of drug-likeness (QED) is 0.847. The number of hydrogen-bond donors (Lipinski definition) is 0. The average Bonchev–Trinajstić information content (AvgIpc) is 2.72. The highest BCUT2D eigenvalue weighted by atomic mass is 35.5. The molecule has 0 saturated carbocycles. The highest BCUT2D eigenvalue weighted by Crippen LogP contribution is 2.33. The Morgan fingerprint density at radius 3 is 2.83 bits per heavy atom. The molecule has 3 rings (SSSR count). The van der Waals surface area contributed by atoms with Crippen molar-refractivity contribution in [3.8, 4) is 5.75 Å². The zero-order valence-corrected chi connectivity index (χ0v) is 14.0. The molecule has 5 nitrogen and oxygen atoms in total. The highest BCUT2D eigenvalue weighted by Gasteiger charge is 2.46. The summed E-state index contributed by atoms with van der Waals surface area (Å²) < 4.78 is 24.5. The largest absolute Gasteiger partial charge is 0.492 e. The third-order valence-electron chi connectivity index (χ3n) is 4.43. The molecular formula is C16H20ClFN2O3. The fraction of sp³-hybridized carbons (Fsp3) is 0.562. The topological polar surface area (TPSA) is 42.0 Å². The number of ether oxygens (including phenoxy) is 2. The molecule has 2 fully saturated rings. The van der Waals surface area contributed by atoms with Gasteiger partial charge >= 0.3 is 6.09 Å². The van der Waals surface area contributed by atoms with Crippen LogP contribution in [0, 0.1) is 5.82 Å². The van der Waals surface area contributed by atoms with Crippen LogP contribution in [0.3, 0.4) is 0 Å². The molecule has 1 spiro atoms. The monoisotopic (exact) mass is 342 g/mol. The molecule has 2 saturated heterocycles. The van der Waals surface area contributed by atoms with Crippen molar-refractivity contribution in [1.82, 2.24) is 9.80 Å². The second kappa shape index (κ2) is 6.17. The Balaban J connectivity index is 1.72. The number of likely N-dealkylation sites (tertiary alicyclic amines) is 1. The van der Waals surface area contributed by atoms with Gasteiger partial charge < -0.3 is 14.4 Å². The summed E-state index contributed by atoms with van der Waals surface area (Å²) in [5, 5.41) is 0.265. The van der Waals surface area contributed by atoms with Crippen LogP contribution in [0.25, 0.3) is 0 Å². The van der Waals surface area contributed by atoms with Crippen molar-refractivity contribution in [3.05, 3.63) is 28.5 Å². The first-order chi connectivity index (χ1) is 10.9. The fourth-order valence-electron chi connectivity index (χ4n) is 3.49. The molecule has 0 bridgehead atoms. The van der Waals surface area contributed by atoms with Crippen molar-refractivity contribution in [3.63, 3.8) is 0 Å². The summed E-state index contributed by atoms with van der Waals surface area (Å²) in [4.78, 5) is 15.5. The molecule has 23 heavy (non-hydrogen) atoms. The molecule has 1 amide bonds. The second-order valence-corrected chi connectivity index (χ2v) is 6.72. The highest BCUT2D eigenvalue weighted by molar-refractivity contribution is 6.32. The molecule has 2 aliphatic heterocycles. The van der Waals surface area contributed by atoms with Gasteiger partial charge in [0.1, 0.15) is 5.60 Å². The van der Waals surface area contributed by atoms with E-state index in [0.29, 0.717) is 19.6 Å². The summed E-state index contributed by atoms with van der Waals surface area (Å²) >= 11 is 6.05. The standard InChI is InChI=1S/C16H20ClFN2O3/c1-19-9-16(23-15(19)21)4-3-5-20(10-16)8-11-6-12(17)14(22-2)13(18)7-11/h6-7H,3-5,8-10H2,1-2H3/t16-/m1/s1. The Labute approximate surface area is 139 Å². The molecule has 1 aromatic rings. The van der Waals surface area contributed by atoms with Crippen LogP contribution in [0.1, 0.15) is 18.4 Å². The van der Waals surface area contributed by atoms with Crippen LogP contribution >= 0.6 is 11.6 Å². The van der Waals surface area contributed by atoms with Gasteiger partial charge in [-0.25, -0.2) is 9.18 Å². The number of piperidine rings is 1. The Morgan fingerprint density at radius 2 is 2.22 bits per heavy atom. The minimum atomic E-state index is -0.464. The van der Waals surface area contributed by atoms with E-state index in [1.165, 1.54) is 13.2 Å². The normalized spacial score (nSPS) is 25.0. The predicted molar refractivity (Wildman–Crippen MR) is 84.3 cm³/mol. The summed E-state index contributed by atoms with van der Waals surface area (Å²) in [6, 6.07) is 3.16. The lowest BCUT2D eigenvalue weighted by Crippen LogP contribution is -2.50. The van der Waals surface area contributed by atoms with Crippen LogP contribution < -0.4 is 4.74 Å². The fourth-order valence-corrected chi connectivity index (χ4v) is 3.79. The summed E-state index contributed by atoms with van der Waals surface area (Å²) in [6.45, 7) is 2.69. The first-order valence-electron chi connectivity index (χ1n) is 7.61. The maximum atomic E-state index is 14.0. The number of halogens is 2. The number of methoxy groups -OCH3 is 1. The third kappa shape index (κ3) is 3.23. The number of amides is 1. The molecule has 0 aliphatic carbocycles. The van der Waals surface area contributed by atoms with E-state index in [1.54, 1.807) is 18.0 Å². The van der Waals surface area contributed by atoms with Gasteiger partial charge in [0.05, 0.1) is 18.7 Å². The Morgan fingerprint density at radius 1 is 1.43 bits per heavy atom. The molecule has 0 aromatic heterocycles. The van der Waals surface area contributed by atoms with Gasteiger partial charge in [-0.15, -0.1) is 0 Å².